The minimum Gasteiger partial charge on any atom is -0.512 e. The molecule has 100 valence electrons. The maximum Gasteiger partial charge on any atom is 0.334 e. The standard InChI is InChI=1S/C14H26O3/c1-3-4-5-6-7-8-9-10-11-17-14(16)12-13(2)15/h12,15H,3-11H2,1-2H3/b13-12-. The fourth-order valence-corrected chi connectivity index (χ4v) is 1.62. The Balaban J connectivity index is 3.18. The molecule has 3 heteroatoms. The molecule has 0 aromatic heterocycles. The molecule has 17 heavy (non-hydrogen) atoms. The summed E-state index contributed by atoms with van der Waals surface area (Å²) in [6, 6.07) is 0. The van der Waals surface area contributed by atoms with Crippen LogP contribution in [-0.4, -0.2) is 17.7 Å². The first-order valence-electron chi connectivity index (χ1n) is 6.70. The lowest BCUT2D eigenvalue weighted by molar-refractivity contribution is -0.138. The number of carbonyl (C=O) groups is 1. The van der Waals surface area contributed by atoms with Gasteiger partial charge in [-0.15, -0.1) is 0 Å². The first-order chi connectivity index (χ1) is 8.16. The Hall–Kier alpha value is -0.990. The number of rotatable bonds is 10. The van der Waals surface area contributed by atoms with E-state index in [0.29, 0.717) is 6.61 Å². The third kappa shape index (κ3) is 12.9. The van der Waals surface area contributed by atoms with Crippen molar-refractivity contribution in [2.75, 3.05) is 6.61 Å². The highest BCUT2D eigenvalue weighted by molar-refractivity contribution is 5.82. The number of unbranched alkanes of at least 4 members (excludes halogenated alkanes) is 7. The molecule has 0 saturated carbocycles. The summed E-state index contributed by atoms with van der Waals surface area (Å²) in [7, 11) is 0. The largest absolute Gasteiger partial charge is 0.512 e. The van der Waals surface area contributed by atoms with Crippen LogP contribution in [0, 0.1) is 0 Å². The highest BCUT2D eigenvalue weighted by Crippen LogP contribution is 2.08. The summed E-state index contributed by atoms with van der Waals surface area (Å²) in [4.78, 5) is 11.0. The van der Waals surface area contributed by atoms with Crippen molar-refractivity contribution < 1.29 is 14.6 Å². The fourth-order valence-electron chi connectivity index (χ4n) is 1.62. The molecule has 0 aliphatic rings. The molecule has 0 aromatic rings. The average molecular weight is 242 g/mol. The van der Waals surface area contributed by atoms with E-state index < -0.39 is 5.97 Å². The molecule has 3 nitrogen and oxygen atoms in total. The van der Waals surface area contributed by atoms with Gasteiger partial charge in [0.2, 0.25) is 0 Å². The van der Waals surface area contributed by atoms with E-state index >= 15 is 0 Å². The van der Waals surface area contributed by atoms with Gasteiger partial charge >= 0.3 is 5.97 Å². The molecule has 0 rings (SSSR count). The van der Waals surface area contributed by atoms with Gasteiger partial charge in [-0.1, -0.05) is 51.9 Å². The lowest BCUT2D eigenvalue weighted by atomic mass is 10.1. The van der Waals surface area contributed by atoms with E-state index in [1.807, 2.05) is 0 Å². The Morgan fingerprint density at radius 2 is 1.59 bits per heavy atom. The second-order valence-corrected chi connectivity index (χ2v) is 4.43. The second-order valence-electron chi connectivity index (χ2n) is 4.43. The van der Waals surface area contributed by atoms with E-state index in [1.54, 1.807) is 0 Å². The molecular weight excluding hydrogens is 216 g/mol. The van der Waals surface area contributed by atoms with E-state index in [1.165, 1.54) is 45.4 Å². The molecule has 0 amide bonds. The van der Waals surface area contributed by atoms with Crippen LogP contribution >= 0.6 is 0 Å². The first kappa shape index (κ1) is 16.0. The monoisotopic (exact) mass is 242 g/mol. The summed E-state index contributed by atoms with van der Waals surface area (Å²) in [5.74, 6) is -0.459. The summed E-state index contributed by atoms with van der Waals surface area (Å²) in [5.41, 5.74) is 0. The smallest absolute Gasteiger partial charge is 0.334 e. The van der Waals surface area contributed by atoms with Crippen molar-refractivity contribution in [1.82, 2.24) is 0 Å². The van der Waals surface area contributed by atoms with Gasteiger partial charge in [0.25, 0.3) is 0 Å². The van der Waals surface area contributed by atoms with Crippen LogP contribution in [0.4, 0.5) is 0 Å². The first-order valence-corrected chi connectivity index (χ1v) is 6.70. The zero-order valence-corrected chi connectivity index (χ0v) is 11.2. The SMILES string of the molecule is CCCCCCCCCCOC(=O)/C=C(/C)O. The minimum absolute atomic E-state index is 0.00840. The van der Waals surface area contributed by atoms with Crippen molar-refractivity contribution >= 4 is 5.97 Å². The van der Waals surface area contributed by atoms with Crippen LogP contribution in [-0.2, 0) is 9.53 Å². The van der Waals surface area contributed by atoms with Gasteiger partial charge in [0.1, 0.15) is 0 Å². The summed E-state index contributed by atoms with van der Waals surface area (Å²) in [6.45, 7) is 4.13. The normalized spacial score (nSPS) is 11.5. The Labute approximate surface area is 105 Å². The van der Waals surface area contributed by atoms with Gasteiger partial charge in [0.05, 0.1) is 18.4 Å². The second kappa shape index (κ2) is 11.5. The van der Waals surface area contributed by atoms with Crippen molar-refractivity contribution in [2.24, 2.45) is 0 Å². The molecule has 0 spiro atoms. The number of carbonyl (C=O) groups excluding carboxylic acids is 1. The number of esters is 1. The molecule has 0 fully saturated rings. The average Bonchev–Trinajstić information content (AvgIpc) is 2.26. The zero-order valence-electron chi connectivity index (χ0n) is 11.2. The maximum absolute atomic E-state index is 11.0. The van der Waals surface area contributed by atoms with Crippen molar-refractivity contribution in [2.45, 2.75) is 65.2 Å². The molecule has 0 aliphatic carbocycles. The molecule has 0 aromatic carbocycles. The van der Waals surface area contributed by atoms with Crippen molar-refractivity contribution in [3.8, 4) is 0 Å². The molecule has 1 N–H and O–H groups in total. The van der Waals surface area contributed by atoms with Crippen LogP contribution in [0.25, 0.3) is 0 Å². The molecule has 0 radical (unpaired) electrons. The predicted molar refractivity (Wildman–Crippen MR) is 70.0 cm³/mol. The van der Waals surface area contributed by atoms with Crippen molar-refractivity contribution in [1.29, 1.82) is 0 Å². The van der Waals surface area contributed by atoms with Gasteiger partial charge < -0.3 is 9.84 Å². The van der Waals surface area contributed by atoms with Crippen LogP contribution in [0.1, 0.15) is 65.2 Å². The summed E-state index contributed by atoms with van der Waals surface area (Å²) >= 11 is 0. The van der Waals surface area contributed by atoms with E-state index in [0.717, 1.165) is 18.9 Å². The Kier molecular flexibility index (Phi) is 10.8. The highest BCUT2D eigenvalue weighted by Gasteiger charge is 1.98. The predicted octanol–water partition coefficient (Wildman–Crippen LogP) is 4.13. The Morgan fingerprint density at radius 3 is 2.12 bits per heavy atom. The summed E-state index contributed by atoms with van der Waals surface area (Å²) < 4.78 is 4.92. The van der Waals surface area contributed by atoms with Crippen molar-refractivity contribution in [3.05, 3.63) is 11.8 Å². The van der Waals surface area contributed by atoms with Gasteiger partial charge in [-0.25, -0.2) is 4.79 Å². The molecule has 0 unspecified atom stereocenters. The Bertz CT molecular complexity index is 218. The fraction of sp³-hybridized carbons (Fsp3) is 0.786. The third-order valence-corrected chi connectivity index (χ3v) is 2.57. The van der Waals surface area contributed by atoms with Gasteiger partial charge in [0.15, 0.2) is 0 Å². The third-order valence-electron chi connectivity index (χ3n) is 2.57. The topological polar surface area (TPSA) is 46.5 Å². The quantitative estimate of drug-likeness (QED) is 0.271. The number of aliphatic hydroxyl groups excluding tert-OH is 1. The van der Waals surface area contributed by atoms with Gasteiger partial charge in [-0.2, -0.15) is 0 Å². The van der Waals surface area contributed by atoms with Crippen LogP contribution in [0.15, 0.2) is 11.8 Å². The van der Waals surface area contributed by atoms with E-state index in [4.69, 9.17) is 9.84 Å². The number of hydrogen-bond donors (Lipinski definition) is 1. The molecule has 0 saturated heterocycles. The van der Waals surface area contributed by atoms with Crippen LogP contribution in [0.3, 0.4) is 0 Å². The lowest BCUT2D eigenvalue weighted by Crippen LogP contribution is -2.03. The molecule has 0 heterocycles. The lowest BCUT2D eigenvalue weighted by Gasteiger charge is -2.02. The maximum atomic E-state index is 11.0. The number of hydrogen-bond acceptors (Lipinski definition) is 3. The van der Waals surface area contributed by atoms with Crippen LogP contribution in [0.2, 0.25) is 0 Å². The van der Waals surface area contributed by atoms with Gasteiger partial charge in [-0.3, -0.25) is 0 Å². The molecule has 0 aliphatic heterocycles. The molecular formula is C14H26O3. The number of aliphatic hydroxyl groups is 1. The molecule has 0 atom stereocenters. The van der Waals surface area contributed by atoms with Crippen LogP contribution in [0.5, 0.6) is 0 Å². The van der Waals surface area contributed by atoms with E-state index in [9.17, 15) is 4.79 Å². The van der Waals surface area contributed by atoms with Crippen molar-refractivity contribution in [3.63, 3.8) is 0 Å². The zero-order chi connectivity index (χ0) is 12.9. The van der Waals surface area contributed by atoms with Gasteiger partial charge in [-0.05, 0) is 13.3 Å². The Morgan fingerprint density at radius 1 is 1.06 bits per heavy atom. The van der Waals surface area contributed by atoms with Crippen LogP contribution < -0.4 is 0 Å². The summed E-state index contributed by atoms with van der Waals surface area (Å²) in [5, 5.41) is 8.83. The van der Waals surface area contributed by atoms with E-state index in [-0.39, 0.29) is 5.76 Å². The van der Waals surface area contributed by atoms with E-state index in [2.05, 4.69) is 6.92 Å². The van der Waals surface area contributed by atoms with Gasteiger partial charge in [0, 0.05) is 0 Å². The number of ether oxygens (including phenoxy) is 1. The molecule has 0 bridgehead atoms. The summed E-state index contributed by atoms with van der Waals surface area (Å²) in [6.07, 6.45) is 10.9. The minimum atomic E-state index is -0.451. The number of allylic oxidation sites excluding steroid dienone is 1. The highest BCUT2D eigenvalue weighted by atomic mass is 16.5.